The van der Waals surface area contributed by atoms with Crippen molar-refractivity contribution in [3.8, 4) is 5.75 Å². The third-order valence-electron chi connectivity index (χ3n) is 3.93. The lowest BCUT2D eigenvalue weighted by Crippen LogP contribution is -2.41. The lowest BCUT2D eigenvalue weighted by Gasteiger charge is -2.32. The van der Waals surface area contributed by atoms with Crippen LogP contribution in [0.5, 0.6) is 5.75 Å². The van der Waals surface area contributed by atoms with Gasteiger partial charge in [0.2, 0.25) is 0 Å². The summed E-state index contributed by atoms with van der Waals surface area (Å²) >= 11 is 3.53. The molecule has 0 radical (unpaired) electrons. The molecule has 1 aromatic rings. The molecule has 1 fully saturated rings. The molecule has 1 aliphatic rings. The molecule has 0 amide bonds. The molecule has 0 saturated carbocycles. The fraction of sp³-hybridized carbons (Fsp3) is 0.571. The van der Waals surface area contributed by atoms with Crippen molar-refractivity contribution in [3.05, 3.63) is 22.2 Å². The molecule has 2 rings (SSSR count). The quantitative estimate of drug-likeness (QED) is 0.782. The summed E-state index contributed by atoms with van der Waals surface area (Å²) in [5.41, 5.74) is 1.36. The Balaban J connectivity index is 2.45. The molecule has 0 N–H and O–H groups in total. The zero-order valence-corrected chi connectivity index (χ0v) is 13.9. The third-order valence-corrected chi connectivity index (χ3v) is 4.52. The SMILES string of the molecule is COc1c(Br)cc(C)cc1B1OC(C)(C)C(C)(C)O1. The standard InChI is InChI=1S/C14H20BBrO3/c1-9-7-10(12(17-6)11(16)8-9)15-18-13(2,3)14(4,5)19-15/h7-8H,1-6H3. The maximum absolute atomic E-state index is 6.08. The van der Waals surface area contributed by atoms with E-state index in [4.69, 9.17) is 14.0 Å². The van der Waals surface area contributed by atoms with Crippen LogP contribution in [0.4, 0.5) is 0 Å². The summed E-state index contributed by atoms with van der Waals surface area (Å²) < 4.78 is 18.5. The zero-order valence-electron chi connectivity index (χ0n) is 12.3. The van der Waals surface area contributed by atoms with Crippen molar-refractivity contribution in [1.29, 1.82) is 0 Å². The number of hydrogen-bond donors (Lipinski definition) is 0. The van der Waals surface area contributed by atoms with Gasteiger partial charge in [0.25, 0.3) is 0 Å². The average Bonchev–Trinajstić information content (AvgIpc) is 2.47. The number of methoxy groups -OCH3 is 1. The lowest BCUT2D eigenvalue weighted by molar-refractivity contribution is 0.00578. The smallest absolute Gasteiger partial charge is 0.496 e. The summed E-state index contributed by atoms with van der Waals surface area (Å²) in [5.74, 6) is 0.768. The molecule has 1 aliphatic heterocycles. The normalized spacial score (nSPS) is 20.7. The second-order valence-corrected chi connectivity index (χ2v) is 6.81. The van der Waals surface area contributed by atoms with Gasteiger partial charge in [-0.3, -0.25) is 0 Å². The van der Waals surface area contributed by atoms with Crippen LogP contribution in [0, 0.1) is 6.92 Å². The summed E-state index contributed by atoms with van der Waals surface area (Å²) in [6.45, 7) is 10.2. The van der Waals surface area contributed by atoms with Crippen molar-refractivity contribution in [2.45, 2.75) is 45.8 Å². The Hall–Kier alpha value is -0.515. The average molecular weight is 327 g/mol. The Kier molecular flexibility index (Phi) is 3.76. The first-order chi connectivity index (χ1) is 8.68. The molecule has 0 bridgehead atoms. The fourth-order valence-electron chi connectivity index (χ4n) is 2.12. The number of benzene rings is 1. The van der Waals surface area contributed by atoms with E-state index < -0.39 is 7.12 Å². The molecule has 0 unspecified atom stereocenters. The van der Waals surface area contributed by atoms with Crippen LogP contribution < -0.4 is 10.2 Å². The van der Waals surface area contributed by atoms with Gasteiger partial charge < -0.3 is 14.0 Å². The molecule has 0 spiro atoms. The molecule has 3 nitrogen and oxygen atoms in total. The van der Waals surface area contributed by atoms with Gasteiger partial charge in [-0.05, 0) is 56.6 Å². The largest absolute Gasteiger partial charge is 0.498 e. The van der Waals surface area contributed by atoms with Gasteiger partial charge in [0.15, 0.2) is 0 Å². The van der Waals surface area contributed by atoms with Crippen LogP contribution in [-0.2, 0) is 9.31 Å². The van der Waals surface area contributed by atoms with Gasteiger partial charge in [-0.15, -0.1) is 0 Å². The molecule has 1 saturated heterocycles. The van der Waals surface area contributed by atoms with E-state index in [1.54, 1.807) is 7.11 Å². The molecule has 104 valence electrons. The van der Waals surface area contributed by atoms with E-state index in [0.29, 0.717) is 0 Å². The van der Waals surface area contributed by atoms with Crippen molar-refractivity contribution in [3.63, 3.8) is 0 Å². The van der Waals surface area contributed by atoms with E-state index in [1.807, 2.05) is 46.8 Å². The number of rotatable bonds is 2. The van der Waals surface area contributed by atoms with Crippen LogP contribution in [0.1, 0.15) is 33.3 Å². The summed E-state index contributed by atoms with van der Waals surface area (Å²) in [5, 5.41) is 0. The molecule has 0 aliphatic carbocycles. The second-order valence-electron chi connectivity index (χ2n) is 5.96. The van der Waals surface area contributed by atoms with Gasteiger partial charge in [0.1, 0.15) is 5.75 Å². The molecule has 1 aromatic carbocycles. The molecule has 0 atom stereocenters. The van der Waals surface area contributed by atoms with Gasteiger partial charge in [-0.1, -0.05) is 11.6 Å². The number of ether oxygens (including phenoxy) is 1. The maximum atomic E-state index is 6.08. The first-order valence-electron chi connectivity index (χ1n) is 6.37. The Labute approximate surface area is 123 Å². The van der Waals surface area contributed by atoms with E-state index in [2.05, 4.69) is 15.9 Å². The molecular formula is C14H20BBrO3. The maximum Gasteiger partial charge on any atom is 0.498 e. The molecule has 5 heteroatoms. The topological polar surface area (TPSA) is 27.7 Å². The van der Waals surface area contributed by atoms with Gasteiger partial charge in [0, 0.05) is 5.46 Å². The first kappa shape index (κ1) is 14.9. The predicted molar refractivity (Wildman–Crippen MR) is 81.1 cm³/mol. The minimum Gasteiger partial charge on any atom is -0.496 e. The van der Waals surface area contributed by atoms with Crippen LogP contribution in [0.3, 0.4) is 0 Å². The molecule has 1 heterocycles. The Morgan fingerprint density at radius 3 is 2.11 bits per heavy atom. The van der Waals surface area contributed by atoms with Crippen LogP contribution in [-0.4, -0.2) is 25.4 Å². The highest BCUT2D eigenvalue weighted by Gasteiger charge is 2.52. The summed E-state index contributed by atoms with van der Waals surface area (Å²) in [4.78, 5) is 0. The van der Waals surface area contributed by atoms with Crippen molar-refractivity contribution < 1.29 is 14.0 Å². The van der Waals surface area contributed by atoms with Gasteiger partial charge >= 0.3 is 7.12 Å². The molecule has 19 heavy (non-hydrogen) atoms. The first-order valence-corrected chi connectivity index (χ1v) is 7.17. The van der Waals surface area contributed by atoms with E-state index in [9.17, 15) is 0 Å². The highest BCUT2D eigenvalue weighted by Crippen LogP contribution is 2.38. The van der Waals surface area contributed by atoms with Crippen LogP contribution >= 0.6 is 15.9 Å². The van der Waals surface area contributed by atoms with Crippen molar-refractivity contribution in [2.75, 3.05) is 7.11 Å². The van der Waals surface area contributed by atoms with E-state index in [1.165, 1.54) is 0 Å². The van der Waals surface area contributed by atoms with Gasteiger partial charge in [-0.25, -0.2) is 0 Å². The zero-order chi connectivity index (χ0) is 14.4. The van der Waals surface area contributed by atoms with Crippen molar-refractivity contribution >= 4 is 28.5 Å². The highest BCUT2D eigenvalue weighted by molar-refractivity contribution is 9.10. The monoisotopic (exact) mass is 326 g/mol. The number of halogens is 1. The molecule has 0 aromatic heterocycles. The number of aryl methyl sites for hydroxylation is 1. The van der Waals surface area contributed by atoms with Crippen LogP contribution in [0.2, 0.25) is 0 Å². The summed E-state index contributed by atoms with van der Waals surface area (Å²) in [6.07, 6.45) is 0. The Bertz CT molecular complexity index is 484. The fourth-order valence-corrected chi connectivity index (χ4v) is 2.87. The van der Waals surface area contributed by atoms with Gasteiger partial charge in [-0.2, -0.15) is 0 Å². The van der Waals surface area contributed by atoms with Crippen LogP contribution in [0.25, 0.3) is 0 Å². The molecular weight excluding hydrogens is 307 g/mol. The van der Waals surface area contributed by atoms with E-state index in [-0.39, 0.29) is 11.2 Å². The van der Waals surface area contributed by atoms with Crippen molar-refractivity contribution in [2.24, 2.45) is 0 Å². The van der Waals surface area contributed by atoms with E-state index in [0.717, 1.165) is 21.2 Å². The summed E-state index contributed by atoms with van der Waals surface area (Å²) in [7, 11) is 1.25. The lowest BCUT2D eigenvalue weighted by atomic mass is 9.77. The minimum atomic E-state index is -0.406. The summed E-state index contributed by atoms with van der Waals surface area (Å²) in [6, 6.07) is 4.07. The second kappa shape index (κ2) is 4.79. The van der Waals surface area contributed by atoms with Crippen molar-refractivity contribution in [1.82, 2.24) is 0 Å². The highest BCUT2D eigenvalue weighted by atomic mass is 79.9. The van der Waals surface area contributed by atoms with Gasteiger partial charge in [0.05, 0.1) is 22.8 Å². The van der Waals surface area contributed by atoms with Crippen LogP contribution in [0.15, 0.2) is 16.6 Å². The number of hydrogen-bond acceptors (Lipinski definition) is 3. The van der Waals surface area contributed by atoms with E-state index >= 15 is 0 Å². The predicted octanol–water partition coefficient (Wildman–Crippen LogP) is 3.07. The Morgan fingerprint density at radius 2 is 1.63 bits per heavy atom. The minimum absolute atomic E-state index is 0.348. The Morgan fingerprint density at radius 1 is 1.11 bits per heavy atom. The third kappa shape index (κ3) is 2.56.